The maximum Gasteiger partial charge on any atom is 0.192 e. The molecule has 0 fully saturated rings. The molecule has 1 atom stereocenters. The summed E-state index contributed by atoms with van der Waals surface area (Å²) in [6.07, 6.45) is 5.13. The summed E-state index contributed by atoms with van der Waals surface area (Å²) >= 11 is -1.37. The summed E-state index contributed by atoms with van der Waals surface area (Å²) in [4.78, 5) is 14.3. The molecule has 0 aliphatic rings. The van der Waals surface area contributed by atoms with Gasteiger partial charge < -0.3 is 8.98 Å². The third kappa shape index (κ3) is 7.30. The van der Waals surface area contributed by atoms with E-state index in [9.17, 15) is 4.55 Å². The fourth-order valence-electron chi connectivity index (χ4n) is 3.83. The second kappa shape index (κ2) is 12.1. The monoisotopic (exact) mass is 590 g/mol. The first-order valence-corrected chi connectivity index (χ1v) is 18.1. The van der Waals surface area contributed by atoms with Crippen LogP contribution in [0.15, 0.2) is 59.3 Å². The molecule has 3 aromatic heterocycles. The van der Waals surface area contributed by atoms with Gasteiger partial charge in [0.1, 0.15) is 21.8 Å². The molecule has 0 spiro atoms. The van der Waals surface area contributed by atoms with E-state index in [-0.39, 0.29) is 5.04 Å². The molecule has 218 valence electrons. The van der Waals surface area contributed by atoms with Gasteiger partial charge in [0.2, 0.25) is 0 Å². The van der Waals surface area contributed by atoms with Gasteiger partial charge in [0.05, 0.1) is 29.7 Å². The van der Waals surface area contributed by atoms with Crippen molar-refractivity contribution in [2.24, 2.45) is 4.40 Å². The average molecular weight is 591 g/mol. The Morgan fingerprint density at radius 2 is 1.80 bits per heavy atom. The van der Waals surface area contributed by atoms with Gasteiger partial charge in [-0.2, -0.15) is 5.10 Å². The normalized spacial score (nSPS) is 14.0. The molecule has 1 unspecified atom stereocenters. The molecule has 0 saturated carbocycles. The van der Waals surface area contributed by atoms with Crippen molar-refractivity contribution < 1.29 is 8.98 Å². The molecule has 0 saturated heterocycles. The number of hydrogen-bond donors (Lipinski definition) is 0. The largest absolute Gasteiger partial charge is 0.591 e. The zero-order chi connectivity index (χ0) is 30.0. The van der Waals surface area contributed by atoms with E-state index in [1.807, 2.05) is 74.1 Å². The standard InChI is InChI=1S/C31H42N6O2SSi/c1-10-12-26(36-40(38)30(2,3)4)25-17-18-32-29(35-25)22-15-16-23-20-33-37(27(23)19-22)28-14-11-13-24(34-28)21-39-41(8,9)31(5,6)7/h11,13-20H,10,12,21H2,1-9H3/b36-26+. The lowest BCUT2D eigenvalue weighted by atomic mass is 10.1. The summed E-state index contributed by atoms with van der Waals surface area (Å²) in [5.74, 6) is 1.30. The topological polar surface area (TPSA) is 101 Å². The Balaban J connectivity index is 1.66. The van der Waals surface area contributed by atoms with Crippen molar-refractivity contribution in [3.63, 3.8) is 0 Å². The number of nitrogens with zero attached hydrogens (tertiary/aromatic N) is 6. The predicted octanol–water partition coefficient (Wildman–Crippen LogP) is 7.45. The van der Waals surface area contributed by atoms with Crippen molar-refractivity contribution in [2.75, 3.05) is 0 Å². The van der Waals surface area contributed by atoms with Crippen LogP contribution >= 0.6 is 0 Å². The van der Waals surface area contributed by atoms with E-state index in [1.165, 1.54) is 0 Å². The first-order chi connectivity index (χ1) is 19.2. The van der Waals surface area contributed by atoms with Crippen molar-refractivity contribution in [1.82, 2.24) is 24.7 Å². The van der Waals surface area contributed by atoms with Gasteiger partial charge in [-0.1, -0.05) is 56.7 Å². The smallest absolute Gasteiger partial charge is 0.192 e. The lowest BCUT2D eigenvalue weighted by Crippen LogP contribution is -2.40. The van der Waals surface area contributed by atoms with Crippen molar-refractivity contribution in [1.29, 1.82) is 0 Å². The van der Waals surface area contributed by atoms with Crippen LogP contribution in [0.4, 0.5) is 0 Å². The predicted molar refractivity (Wildman–Crippen MR) is 171 cm³/mol. The third-order valence-electron chi connectivity index (χ3n) is 7.38. The summed E-state index contributed by atoms with van der Waals surface area (Å²) in [5.41, 5.74) is 4.06. The Morgan fingerprint density at radius 3 is 2.49 bits per heavy atom. The van der Waals surface area contributed by atoms with E-state index < -0.39 is 24.4 Å². The van der Waals surface area contributed by atoms with E-state index in [0.717, 1.165) is 40.1 Å². The summed E-state index contributed by atoms with van der Waals surface area (Å²) in [5, 5.41) is 5.76. The first kappa shape index (κ1) is 31.0. The van der Waals surface area contributed by atoms with Gasteiger partial charge in [-0.3, -0.25) is 0 Å². The van der Waals surface area contributed by atoms with E-state index in [0.29, 0.717) is 24.5 Å². The number of rotatable bonds is 9. The van der Waals surface area contributed by atoms with E-state index in [1.54, 1.807) is 6.20 Å². The minimum Gasteiger partial charge on any atom is -0.591 e. The second-order valence-electron chi connectivity index (χ2n) is 12.8. The highest BCUT2D eigenvalue weighted by atomic mass is 32.2. The molecule has 0 N–H and O–H groups in total. The van der Waals surface area contributed by atoms with E-state index >= 15 is 0 Å². The molecule has 3 heterocycles. The molecular formula is C31H42N6O2SSi. The number of pyridine rings is 1. The van der Waals surface area contributed by atoms with Crippen LogP contribution < -0.4 is 0 Å². The molecule has 4 aromatic rings. The SMILES string of the molecule is CCC/C(=N\[S+]([O-])C(C)(C)C)c1ccnc(-c2ccc3cnn(-c4cccc(CO[Si](C)(C)C(C)(C)C)n4)c3c2)n1. The highest BCUT2D eigenvalue weighted by Crippen LogP contribution is 2.37. The highest BCUT2D eigenvalue weighted by molar-refractivity contribution is 7.91. The van der Waals surface area contributed by atoms with Crippen LogP contribution in [0.2, 0.25) is 18.1 Å². The fourth-order valence-corrected chi connectivity index (χ4v) is 5.43. The molecular weight excluding hydrogens is 549 g/mol. The second-order valence-corrected chi connectivity index (χ2v) is 19.5. The Hall–Kier alpha value is -2.92. The van der Waals surface area contributed by atoms with Gasteiger partial charge in [-0.15, -0.1) is 0 Å². The maximum atomic E-state index is 12.8. The van der Waals surface area contributed by atoms with Crippen LogP contribution in [0, 0.1) is 0 Å². The lowest BCUT2D eigenvalue weighted by molar-refractivity contribution is 0.272. The first-order valence-electron chi connectivity index (χ1n) is 14.1. The molecule has 0 aliphatic heterocycles. The van der Waals surface area contributed by atoms with Gasteiger partial charge in [0, 0.05) is 17.1 Å². The molecule has 1 aromatic carbocycles. The Bertz CT molecular complexity index is 1540. The molecule has 4 rings (SSSR count). The molecule has 0 bridgehead atoms. The van der Waals surface area contributed by atoms with Crippen molar-refractivity contribution >= 4 is 36.3 Å². The van der Waals surface area contributed by atoms with Crippen molar-refractivity contribution in [2.45, 2.75) is 90.8 Å². The zero-order valence-corrected chi connectivity index (χ0v) is 27.5. The summed E-state index contributed by atoms with van der Waals surface area (Å²) in [6, 6.07) is 13.8. The summed E-state index contributed by atoms with van der Waals surface area (Å²) in [7, 11) is -1.90. The molecule has 8 nitrogen and oxygen atoms in total. The molecule has 41 heavy (non-hydrogen) atoms. The molecule has 10 heteroatoms. The quantitative estimate of drug-likeness (QED) is 0.114. The van der Waals surface area contributed by atoms with Crippen LogP contribution in [0.5, 0.6) is 0 Å². The van der Waals surface area contributed by atoms with E-state index in [4.69, 9.17) is 14.4 Å². The van der Waals surface area contributed by atoms with Crippen LogP contribution in [0.3, 0.4) is 0 Å². The summed E-state index contributed by atoms with van der Waals surface area (Å²) < 4.78 is 25.1. The number of benzene rings is 1. The molecule has 0 radical (unpaired) electrons. The number of hydrogen-bond acceptors (Lipinski definition) is 7. The fraction of sp³-hybridized carbons (Fsp3) is 0.452. The number of fused-ring (bicyclic) bond motifs is 1. The van der Waals surface area contributed by atoms with Gasteiger partial charge in [0.25, 0.3) is 0 Å². The maximum absolute atomic E-state index is 12.8. The Morgan fingerprint density at radius 1 is 1.05 bits per heavy atom. The lowest BCUT2D eigenvalue weighted by Gasteiger charge is -2.36. The van der Waals surface area contributed by atoms with Crippen LogP contribution in [0.1, 0.15) is 72.7 Å². The van der Waals surface area contributed by atoms with Crippen LogP contribution in [-0.2, 0) is 22.4 Å². The summed E-state index contributed by atoms with van der Waals surface area (Å²) in [6.45, 7) is 19.5. The third-order valence-corrected chi connectivity index (χ3v) is 13.3. The highest BCUT2D eigenvalue weighted by Gasteiger charge is 2.37. The van der Waals surface area contributed by atoms with Crippen molar-refractivity contribution in [3.8, 4) is 17.2 Å². The van der Waals surface area contributed by atoms with Gasteiger partial charge in [-0.05, 0) is 69.6 Å². The number of aromatic nitrogens is 5. The zero-order valence-electron chi connectivity index (χ0n) is 25.7. The van der Waals surface area contributed by atoms with Crippen molar-refractivity contribution in [3.05, 3.63) is 66.2 Å². The Kier molecular flexibility index (Phi) is 9.18. The van der Waals surface area contributed by atoms with Gasteiger partial charge in [-0.25, -0.2) is 19.6 Å². The minimum atomic E-state index is -1.90. The average Bonchev–Trinajstić information content (AvgIpc) is 3.34. The molecule has 0 aliphatic carbocycles. The molecule has 0 amide bonds. The van der Waals surface area contributed by atoms with E-state index in [2.05, 4.69) is 55.3 Å². The Labute approximate surface area is 248 Å². The van der Waals surface area contributed by atoms with Crippen LogP contribution in [-0.4, -0.2) is 48.1 Å². The van der Waals surface area contributed by atoms with Crippen LogP contribution in [0.25, 0.3) is 28.1 Å². The minimum absolute atomic E-state index is 0.130. The van der Waals surface area contributed by atoms with Gasteiger partial charge in [0.15, 0.2) is 20.0 Å². The van der Waals surface area contributed by atoms with Gasteiger partial charge >= 0.3 is 0 Å².